The summed E-state index contributed by atoms with van der Waals surface area (Å²) >= 11 is 0. The van der Waals surface area contributed by atoms with Gasteiger partial charge in [0.05, 0.1) is 23.6 Å². The summed E-state index contributed by atoms with van der Waals surface area (Å²) in [6, 6.07) is 3.33. The smallest absolute Gasteiger partial charge is 0.319 e. The minimum atomic E-state index is -3.34. The fraction of sp³-hybridized carbons (Fsp3) is 0.529. The van der Waals surface area contributed by atoms with Crippen molar-refractivity contribution in [1.29, 1.82) is 0 Å². The monoisotopic (exact) mass is 381 g/mol. The molecular weight excluding hydrogens is 358 g/mol. The van der Waals surface area contributed by atoms with Crippen molar-refractivity contribution in [3.05, 3.63) is 29.3 Å². The van der Waals surface area contributed by atoms with Gasteiger partial charge in [-0.2, -0.15) is 0 Å². The lowest BCUT2D eigenvalue weighted by Crippen LogP contribution is -2.63. The summed E-state index contributed by atoms with van der Waals surface area (Å²) < 4.78 is 24.5. The number of hydrogen-bond acceptors (Lipinski definition) is 5. The summed E-state index contributed by atoms with van der Waals surface area (Å²) in [7, 11) is -0.105. The molecule has 0 bridgehead atoms. The van der Waals surface area contributed by atoms with Crippen LogP contribution in [0.1, 0.15) is 15.9 Å². The first-order valence-electron chi connectivity index (χ1n) is 8.40. The van der Waals surface area contributed by atoms with Gasteiger partial charge in [-0.1, -0.05) is 6.07 Å². The maximum atomic E-state index is 13.0. The normalized spacial score (nSPS) is 24.3. The molecule has 0 aliphatic carbocycles. The first-order valence-corrected chi connectivity index (χ1v) is 10.2. The standard InChI is InChI=1S/C17H23N3O5S/c1-11-12(5-4-6-15(11)21)16(22)19-7-8-20(17(23)18(2)3)14-10-26(24,25)9-13(14)19/h4-6,13-14,21H,7-10H2,1-3H3/t13-,14+/m0/s1. The molecule has 9 heteroatoms. The van der Waals surface area contributed by atoms with E-state index in [-0.39, 0.29) is 42.3 Å². The third-order valence-electron chi connectivity index (χ3n) is 5.10. The average molecular weight is 381 g/mol. The number of hydrogen-bond donors (Lipinski definition) is 1. The molecule has 142 valence electrons. The molecular formula is C17H23N3O5S. The molecule has 2 fully saturated rings. The molecule has 2 aliphatic rings. The van der Waals surface area contributed by atoms with Crippen LogP contribution in [-0.2, 0) is 9.84 Å². The Bertz CT molecular complexity index is 852. The van der Waals surface area contributed by atoms with Gasteiger partial charge in [-0.25, -0.2) is 13.2 Å². The van der Waals surface area contributed by atoms with Crippen molar-refractivity contribution in [2.45, 2.75) is 19.0 Å². The highest BCUT2D eigenvalue weighted by molar-refractivity contribution is 7.91. The summed E-state index contributed by atoms with van der Waals surface area (Å²) in [4.78, 5) is 30.0. The highest BCUT2D eigenvalue weighted by Gasteiger charge is 2.49. The molecule has 0 saturated carbocycles. The molecule has 1 N–H and O–H groups in total. The number of amides is 3. The Balaban J connectivity index is 1.94. The van der Waals surface area contributed by atoms with Crippen LogP contribution in [0.5, 0.6) is 5.75 Å². The van der Waals surface area contributed by atoms with Crippen LogP contribution >= 0.6 is 0 Å². The molecule has 8 nitrogen and oxygen atoms in total. The molecule has 2 atom stereocenters. The zero-order chi connectivity index (χ0) is 19.2. The molecule has 2 aliphatic heterocycles. The third-order valence-corrected chi connectivity index (χ3v) is 6.80. The van der Waals surface area contributed by atoms with Crippen molar-refractivity contribution in [3.8, 4) is 5.75 Å². The number of urea groups is 1. The molecule has 1 aromatic rings. The van der Waals surface area contributed by atoms with E-state index in [1.54, 1.807) is 38.1 Å². The molecule has 0 radical (unpaired) electrons. The zero-order valence-electron chi connectivity index (χ0n) is 15.0. The number of rotatable bonds is 1. The molecule has 3 amide bonds. The van der Waals surface area contributed by atoms with E-state index in [4.69, 9.17) is 0 Å². The second-order valence-corrected chi connectivity index (χ2v) is 9.18. The highest BCUT2D eigenvalue weighted by Crippen LogP contribution is 2.30. The van der Waals surface area contributed by atoms with Gasteiger partial charge in [-0.3, -0.25) is 4.79 Å². The van der Waals surface area contributed by atoms with Crippen LogP contribution in [0, 0.1) is 6.92 Å². The highest BCUT2D eigenvalue weighted by atomic mass is 32.2. The minimum absolute atomic E-state index is 0.0212. The summed E-state index contributed by atoms with van der Waals surface area (Å²) in [6.45, 7) is 2.18. The number of phenolic OH excluding ortho intramolecular Hbond substituents is 1. The average Bonchev–Trinajstić information content (AvgIpc) is 2.90. The number of piperazine rings is 1. The van der Waals surface area contributed by atoms with Gasteiger partial charge >= 0.3 is 6.03 Å². The predicted octanol–water partition coefficient (Wildman–Crippen LogP) is 0.306. The summed E-state index contributed by atoms with van der Waals surface area (Å²) in [5, 5.41) is 9.87. The van der Waals surface area contributed by atoms with Gasteiger partial charge in [0.2, 0.25) is 0 Å². The molecule has 0 unspecified atom stereocenters. The Hall–Kier alpha value is -2.29. The van der Waals surface area contributed by atoms with Crippen molar-refractivity contribution in [2.24, 2.45) is 0 Å². The van der Waals surface area contributed by atoms with E-state index in [0.29, 0.717) is 11.1 Å². The molecule has 1 aromatic carbocycles. The van der Waals surface area contributed by atoms with E-state index in [2.05, 4.69) is 0 Å². The fourth-order valence-electron chi connectivity index (χ4n) is 3.71. The van der Waals surface area contributed by atoms with Crippen molar-refractivity contribution < 1.29 is 23.1 Å². The number of benzene rings is 1. The van der Waals surface area contributed by atoms with Crippen LogP contribution in [0.15, 0.2) is 18.2 Å². The first-order chi connectivity index (χ1) is 12.1. The lowest BCUT2D eigenvalue weighted by atomic mass is 10.0. The lowest BCUT2D eigenvalue weighted by molar-refractivity contribution is 0.0392. The number of fused-ring (bicyclic) bond motifs is 1. The van der Waals surface area contributed by atoms with E-state index < -0.39 is 21.9 Å². The summed E-state index contributed by atoms with van der Waals surface area (Å²) in [5.41, 5.74) is 0.808. The SMILES string of the molecule is Cc1c(O)cccc1C(=O)N1CCN(C(=O)N(C)C)[C@@H]2CS(=O)(=O)C[C@@H]21. The van der Waals surface area contributed by atoms with Gasteiger partial charge < -0.3 is 19.8 Å². The van der Waals surface area contributed by atoms with Crippen LogP contribution in [0.3, 0.4) is 0 Å². The first kappa shape index (κ1) is 18.5. The Morgan fingerprint density at radius 2 is 1.69 bits per heavy atom. The predicted molar refractivity (Wildman–Crippen MR) is 95.9 cm³/mol. The molecule has 0 spiro atoms. The zero-order valence-corrected chi connectivity index (χ0v) is 15.9. The van der Waals surface area contributed by atoms with Crippen molar-refractivity contribution in [3.63, 3.8) is 0 Å². The topological polar surface area (TPSA) is 98.2 Å². The van der Waals surface area contributed by atoms with Crippen molar-refractivity contribution in [2.75, 3.05) is 38.7 Å². The molecule has 2 heterocycles. The Kier molecular flexibility index (Phi) is 4.60. The molecule has 26 heavy (non-hydrogen) atoms. The maximum Gasteiger partial charge on any atom is 0.319 e. The molecule has 3 rings (SSSR count). The van der Waals surface area contributed by atoms with Gasteiger partial charge in [0.15, 0.2) is 9.84 Å². The largest absolute Gasteiger partial charge is 0.508 e. The van der Waals surface area contributed by atoms with Crippen LogP contribution in [-0.4, -0.2) is 90.9 Å². The number of aromatic hydroxyl groups is 1. The second kappa shape index (κ2) is 6.46. The van der Waals surface area contributed by atoms with Gasteiger partial charge in [-0.05, 0) is 19.1 Å². The van der Waals surface area contributed by atoms with Crippen LogP contribution in [0.4, 0.5) is 4.79 Å². The van der Waals surface area contributed by atoms with E-state index in [1.807, 2.05) is 0 Å². The summed E-state index contributed by atoms with van der Waals surface area (Å²) in [6.07, 6.45) is 0. The second-order valence-electron chi connectivity index (χ2n) is 7.03. The number of carbonyl (C=O) groups is 2. The van der Waals surface area contributed by atoms with Gasteiger partial charge in [0.1, 0.15) is 5.75 Å². The quantitative estimate of drug-likeness (QED) is 0.755. The van der Waals surface area contributed by atoms with E-state index >= 15 is 0 Å². The van der Waals surface area contributed by atoms with Crippen LogP contribution < -0.4 is 0 Å². The Morgan fingerprint density at radius 3 is 2.31 bits per heavy atom. The lowest BCUT2D eigenvalue weighted by Gasteiger charge is -2.44. The maximum absolute atomic E-state index is 13.0. The van der Waals surface area contributed by atoms with E-state index in [1.165, 1.54) is 15.9 Å². The Labute approximate surface area is 152 Å². The number of sulfone groups is 1. The third kappa shape index (κ3) is 3.11. The van der Waals surface area contributed by atoms with Crippen LogP contribution in [0.25, 0.3) is 0 Å². The van der Waals surface area contributed by atoms with E-state index in [9.17, 15) is 23.1 Å². The van der Waals surface area contributed by atoms with Crippen LogP contribution in [0.2, 0.25) is 0 Å². The van der Waals surface area contributed by atoms with Gasteiger partial charge in [0, 0.05) is 38.3 Å². The Morgan fingerprint density at radius 1 is 1.12 bits per heavy atom. The fourth-order valence-corrected chi connectivity index (χ4v) is 5.69. The van der Waals surface area contributed by atoms with Crippen molar-refractivity contribution in [1.82, 2.24) is 14.7 Å². The molecule has 2 saturated heterocycles. The van der Waals surface area contributed by atoms with Gasteiger partial charge in [-0.15, -0.1) is 0 Å². The molecule has 0 aromatic heterocycles. The summed E-state index contributed by atoms with van der Waals surface area (Å²) in [5.74, 6) is -0.589. The van der Waals surface area contributed by atoms with Crippen molar-refractivity contribution >= 4 is 21.8 Å². The van der Waals surface area contributed by atoms with E-state index in [0.717, 1.165) is 0 Å². The van der Waals surface area contributed by atoms with Gasteiger partial charge in [0.25, 0.3) is 5.91 Å². The number of phenols is 1. The number of carbonyl (C=O) groups excluding carboxylic acids is 2. The minimum Gasteiger partial charge on any atom is -0.508 e. The number of nitrogens with zero attached hydrogens (tertiary/aromatic N) is 3.